The number of aliphatic carboxylic acids is 3. The molecule has 12 atom stereocenters. The number of carbonyl (C=O) groups excluding carboxylic acids is 9. The van der Waals surface area contributed by atoms with Gasteiger partial charge < -0.3 is 84.9 Å². The number of nitrogens with two attached hydrogens (primary N) is 2. The Hall–Kier alpha value is -6.76. The standard InChI is InChI=1S/C53H87N11O17S2/c1-8-28(3)42(62-50(77)38(26-31-13-15-32(66)16-14-31)61-45(72)33(55)21-24-82-6)51(78)60-36(18-20-41(70)71)48(75)64-44(30(5)65)52(79)59-35(17-19-40(68)69)46(73)56-27-39(67)57-34(12-10-11-23-54)47(74)58-37(22-25-83-7)49(76)63-43(53(80)81)29(4)9-2/h13-16,28-30,33-38,42-44,65-66H,8-12,17-27,54-55H2,1-7H3,(H,56,73)(H,57,67)(H,58,74)(H,59,79)(H,60,78)(H,61,72)(H,62,77)(H,63,76)(H,64,75)(H,68,69)(H,70,71)(H,80,81)/t28-,29-,30+,33-,34-,35-,36-,37-,38-,42-,43-,44-/m0/s1. The van der Waals surface area contributed by atoms with Crippen LogP contribution in [0.1, 0.15) is 111 Å². The summed E-state index contributed by atoms with van der Waals surface area (Å²) in [5, 5.41) is 71.5. The second kappa shape index (κ2) is 39.7. The van der Waals surface area contributed by atoms with Gasteiger partial charge in [0.1, 0.15) is 54.1 Å². The Balaban J connectivity index is 3.42. The van der Waals surface area contributed by atoms with Crippen molar-refractivity contribution in [3.63, 3.8) is 0 Å². The third-order valence-electron chi connectivity index (χ3n) is 13.4. The molecule has 0 unspecified atom stereocenters. The van der Waals surface area contributed by atoms with Gasteiger partial charge in [-0.1, -0.05) is 52.7 Å². The lowest BCUT2D eigenvalue weighted by molar-refractivity contribution is -0.144. The number of carboxylic acids is 3. The van der Waals surface area contributed by atoms with E-state index in [0.717, 1.165) is 6.92 Å². The molecule has 18 N–H and O–H groups in total. The van der Waals surface area contributed by atoms with Crippen LogP contribution in [0.15, 0.2) is 24.3 Å². The van der Waals surface area contributed by atoms with Gasteiger partial charge in [0, 0.05) is 19.3 Å². The van der Waals surface area contributed by atoms with E-state index in [1.807, 2.05) is 6.26 Å². The van der Waals surface area contributed by atoms with Crippen molar-refractivity contribution in [1.82, 2.24) is 47.9 Å². The van der Waals surface area contributed by atoms with Crippen LogP contribution in [0.5, 0.6) is 5.75 Å². The molecule has 28 nitrogen and oxygen atoms in total. The van der Waals surface area contributed by atoms with E-state index in [1.54, 1.807) is 34.0 Å². The van der Waals surface area contributed by atoms with Gasteiger partial charge in [-0.15, -0.1) is 0 Å². The Morgan fingerprint density at radius 1 is 0.518 bits per heavy atom. The number of phenols is 1. The Labute approximate surface area is 491 Å². The average molecular weight is 1210 g/mol. The van der Waals surface area contributed by atoms with Crippen LogP contribution in [0.3, 0.4) is 0 Å². The van der Waals surface area contributed by atoms with E-state index in [0.29, 0.717) is 36.3 Å². The molecule has 0 heterocycles. The maximum Gasteiger partial charge on any atom is 0.326 e. The summed E-state index contributed by atoms with van der Waals surface area (Å²) in [4.78, 5) is 159. The van der Waals surface area contributed by atoms with E-state index in [4.69, 9.17) is 11.5 Å². The molecule has 0 aliphatic carbocycles. The van der Waals surface area contributed by atoms with Gasteiger partial charge in [0.2, 0.25) is 53.2 Å². The molecule has 9 amide bonds. The number of thioether (sulfide) groups is 2. The van der Waals surface area contributed by atoms with Crippen LogP contribution in [-0.4, -0.2) is 194 Å². The van der Waals surface area contributed by atoms with Gasteiger partial charge in [-0.2, -0.15) is 23.5 Å². The number of carbonyl (C=O) groups is 12. The summed E-state index contributed by atoms with van der Waals surface area (Å²) in [6.07, 6.45) is 0.958. The average Bonchev–Trinajstić information content (AvgIpc) is 3.47. The molecule has 0 radical (unpaired) electrons. The summed E-state index contributed by atoms with van der Waals surface area (Å²) < 4.78 is 0. The largest absolute Gasteiger partial charge is 0.508 e. The Bertz CT molecular complexity index is 2320. The molecule has 0 saturated heterocycles. The van der Waals surface area contributed by atoms with Gasteiger partial charge in [0.05, 0.1) is 18.7 Å². The lowest BCUT2D eigenvalue weighted by Gasteiger charge is -2.30. The Kier molecular flexibility index (Phi) is 35.5. The number of benzene rings is 1. The summed E-state index contributed by atoms with van der Waals surface area (Å²) in [6.45, 7) is 7.16. The molecule has 0 saturated carbocycles. The summed E-state index contributed by atoms with van der Waals surface area (Å²) in [6, 6.07) is -7.12. The first-order valence-electron chi connectivity index (χ1n) is 27.4. The van der Waals surface area contributed by atoms with E-state index in [2.05, 4.69) is 47.9 Å². The highest BCUT2D eigenvalue weighted by Crippen LogP contribution is 2.16. The molecule has 83 heavy (non-hydrogen) atoms. The molecule has 0 aromatic heterocycles. The minimum absolute atomic E-state index is 0.0168. The normalized spacial score (nSPS) is 15.4. The zero-order valence-corrected chi connectivity index (χ0v) is 49.8. The van der Waals surface area contributed by atoms with Crippen LogP contribution in [0, 0.1) is 11.8 Å². The lowest BCUT2D eigenvalue weighted by Crippen LogP contribution is -2.62. The summed E-state index contributed by atoms with van der Waals surface area (Å²) in [5.74, 6) is -12.9. The van der Waals surface area contributed by atoms with Crippen molar-refractivity contribution < 1.29 is 83.1 Å². The highest BCUT2D eigenvalue weighted by atomic mass is 32.2. The van der Waals surface area contributed by atoms with Crippen molar-refractivity contribution in [3.05, 3.63) is 29.8 Å². The highest BCUT2D eigenvalue weighted by Gasteiger charge is 2.37. The maximum atomic E-state index is 14.2. The SMILES string of the molecule is CC[C@H](C)[C@H](NC(=O)[C@H](CCSC)NC(=O)[C@H](CCCCN)NC(=O)CNC(=O)[C@H](CCC(=O)O)NC(=O)[C@@H](NC(=O)[C@H](CCC(=O)O)NC(=O)[C@@H](NC(=O)[C@H](Cc1ccc(O)cc1)NC(=O)[C@@H](N)CCSC)[C@@H](C)CC)[C@@H](C)O)C(=O)O. The number of carboxylic acid groups (broad SMARTS) is 3. The van der Waals surface area contributed by atoms with Crippen LogP contribution in [0.4, 0.5) is 0 Å². The quantitative estimate of drug-likeness (QED) is 0.0321. The number of hydrogen-bond donors (Lipinski definition) is 16. The molecule has 1 aromatic rings. The monoisotopic (exact) mass is 1210 g/mol. The van der Waals surface area contributed by atoms with Gasteiger partial charge in [-0.3, -0.25) is 52.7 Å². The van der Waals surface area contributed by atoms with E-state index in [9.17, 15) is 83.1 Å². The summed E-state index contributed by atoms with van der Waals surface area (Å²) >= 11 is 2.82. The molecule has 468 valence electrons. The fourth-order valence-corrected chi connectivity index (χ4v) is 8.92. The first-order chi connectivity index (χ1) is 39.1. The second-order valence-electron chi connectivity index (χ2n) is 20.1. The van der Waals surface area contributed by atoms with Crippen molar-refractivity contribution in [1.29, 1.82) is 0 Å². The number of phenolic OH excluding ortho intramolecular Hbond substituents is 1. The van der Waals surface area contributed by atoms with Gasteiger partial charge >= 0.3 is 17.9 Å². The number of aromatic hydroxyl groups is 1. The molecule has 0 fully saturated rings. The molecule has 0 spiro atoms. The zero-order chi connectivity index (χ0) is 62.9. The Morgan fingerprint density at radius 2 is 0.952 bits per heavy atom. The number of amides is 9. The van der Waals surface area contributed by atoms with Crippen molar-refractivity contribution >= 4 is 94.6 Å². The number of rotatable bonds is 42. The van der Waals surface area contributed by atoms with Crippen molar-refractivity contribution in [2.45, 2.75) is 172 Å². The Morgan fingerprint density at radius 3 is 1.46 bits per heavy atom. The number of aliphatic hydroxyl groups excluding tert-OH is 1. The number of aliphatic hydroxyl groups is 1. The van der Waals surface area contributed by atoms with Gasteiger partial charge in [0.15, 0.2) is 0 Å². The molecular formula is C53H87N11O17S2. The molecule has 30 heteroatoms. The van der Waals surface area contributed by atoms with E-state index >= 15 is 0 Å². The van der Waals surface area contributed by atoms with Crippen LogP contribution < -0.4 is 59.3 Å². The number of hydrogen-bond acceptors (Lipinski definition) is 18. The maximum absolute atomic E-state index is 14.2. The van der Waals surface area contributed by atoms with E-state index in [-0.39, 0.29) is 44.4 Å². The predicted octanol–water partition coefficient (Wildman–Crippen LogP) is -1.82. The third-order valence-corrected chi connectivity index (χ3v) is 14.7. The van der Waals surface area contributed by atoms with Crippen LogP contribution >= 0.6 is 23.5 Å². The van der Waals surface area contributed by atoms with Crippen molar-refractivity contribution in [3.8, 4) is 5.75 Å². The second-order valence-corrected chi connectivity index (χ2v) is 22.1. The minimum Gasteiger partial charge on any atom is -0.508 e. The van der Waals surface area contributed by atoms with Gasteiger partial charge in [0.25, 0.3) is 0 Å². The van der Waals surface area contributed by atoms with Crippen LogP contribution in [0.2, 0.25) is 0 Å². The zero-order valence-electron chi connectivity index (χ0n) is 48.2. The molecule has 0 bridgehead atoms. The molecule has 1 rings (SSSR count). The molecule has 1 aromatic carbocycles. The number of unbranched alkanes of at least 4 members (excludes halogenated alkanes) is 1. The first kappa shape index (κ1) is 74.3. The molecule has 0 aliphatic rings. The fraction of sp³-hybridized carbons (Fsp3) is 0.660. The van der Waals surface area contributed by atoms with Gasteiger partial charge in [-0.25, -0.2) is 4.79 Å². The fourth-order valence-electron chi connectivity index (χ4n) is 7.95. The van der Waals surface area contributed by atoms with Crippen LogP contribution in [0.25, 0.3) is 0 Å². The first-order valence-corrected chi connectivity index (χ1v) is 30.2. The van der Waals surface area contributed by atoms with E-state index < -0.39 is 176 Å². The predicted molar refractivity (Wildman–Crippen MR) is 309 cm³/mol. The smallest absolute Gasteiger partial charge is 0.326 e. The lowest BCUT2D eigenvalue weighted by atomic mass is 9.96. The highest BCUT2D eigenvalue weighted by molar-refractivity contribution is 7.98. The third kappa shape index (κ3) is 28.4. The van der Waals surface area contributed by atoms with Gasteiger partial charge in [-0.05, 0) is 112 Å². The van der Waals surface area contributed by atoms with Crippen LogP contribution in [-0.2, 0) is 64.0 Å². The molecule has 0 aliphatic heterocycles. The molecular weight excluding hydrogens is 1130 g/mol. The van der Waals surface area contributed by atoms with E-state index in [1.165, 1.54) is 47.8 Å². The number of nitrogens with one attached hydrogen (secondary N) is 9. The van der Waals surface area contributed by atoms with Crippen molar-refractivity contribution in [2.75, 3.05) is 37.1 Å². The topological polar surface area (TPSA) is 466 Å². The summed E-state index contributed by atoms with van der Waals surface area (Å²) in [7, 11) is 0. The minimum atomic E-state index is -1.95. The summed E-state index contributed by atoms with van der Waals surface area (Å²) in [5.41, 5.74) is 12.3. The van der Waals surface area contributed by atoms with Crippen molar-refractivity contribution in [2.24, 2.45) is 23.3 Å².